The largest absolute Gasteiger partial charge is 0.491 e. The van der Waals surface area contributed by atoms with Crippen LogP contribution in [0.1, 0.15) is 43.2 Å². The number of hydrogen-bond acceptors (Lipinski definition) is 14. The monoisotopic (exact) mass is 1110 g/mol. The zero-order chi connectivity index (χ0) is 57.6. The van der Waals surface area contributed by atoms with Crippen LogP contribution in [0.2, 0.25) is 0 Å². The number of aromatic amines is 2. The van der Waals surface area contributed by atoms with Gasteiger partial charge in [0.25, 0.3) is 11.1 Å². The van der Waals surface area contributed by atoms with Crippen LogP contribution >= 0.6 is 0 Å². The highest BCUT2D eigenvalue weighted by molar-refractivity contribution is 6.14. The number of carboxylic acids is 1. The number of carbonyl (C=O) groups is 4. The molecule has 0 saturated heterocycles. The molecule has 0 aliphatic carbocycles. The molecule has 0 unspecified atom stereocenters. The maximum Gasteiger partial charge on any atom is 0.329 e. The molecule has 21 nitrogen and oxygen atoms in total. The molecule has 3 N–H and O–H groups in total. The summed E-state index contributed by atoms with van der Waals surface area (Å²) >= 11 is 0. The average molecular weight is 1110 g/mol. The van der Waals surface area contributed by atoms with Crippen LogP contribution in [0.25, 0.3) is 55.1 Å². The number of methoxy groups -OCH3 is 1. The second-order valence-corrected chi connectivity index (χ2v) is 19.0. The van der Waals surface area contributed by atoms with E-state index in [-0.39, 0.29) is 44.5 Å². The van der Waals surface area contributed by atoms with Gasteiger partial charge in [-0.05, 0) is 121 Å². The summed E-state index contributed by atoms with van der Waals surface area (Å²) in [6.07, 6.45) is 3.59. The van der Waals surface area contributed by atoms with Gasteiger partial charge in [0.1, 0.15) is 37.8 Å². The molecule has 21 heteroatoms. The van der Waals surface area contributed by atoms with E-state index in [0.717, 1.165) is 50.5 Å². The standard InChI is InChI=1S/C61H54N6O15/c1-36-52(48-8-4-6-22-64(48)54(36)56(71)40-14-20-46-44(32-40)58(73)66(34-50(68)69)60(75)62-46)38-10-16-42(17-11-38)81-30-28-79-26-24-78-25-27-80-29-31-82-43-18-12-39(13-19-43)53-37(2)55(65-23-7-5-9-49(53)65)57(72)41-15-21-47-45(33-41)59(74)67(61(76)63-47)35-51(70)77-3/h4-23,32-33H,24-31,34-35H2,1-3H3,(H,62,75)(H,63,76)(H,68,69). The number of esters is 1. The number of hydrogen-bond donors (Lipinski definition) is 3. The third-order valence-electron chi connectivity index (χ3n) is 13.9. The van der Waals surface area contributed by atoms with Gasteiger partial charge in [0.15, 0.2) is 0 Å². The maximum absolute atomic E-state index is 14.2. The summed E-state index contributed by atoms with van der Waals surface area (Å²) in [5, 5.41) is 9.32. The average Bonchev–Trinajstić information content (AvgIpc) is 4.06. The number of carboxylic acid groups (broad SMARTS) is 1. The fraction of sp³-hybridized carbons (Fsp3) is 0.213. The lowest BCUT2D eigenvalue weighted by atomic mass is 9.98. The number of nitrogens with one attached hydrogen (secondary N) is 2. The maximum atomic E-state index is 14.2. The Morgan fingerprint density at radius 1 is 0.500 bits per heavy atom. The molecule has 10 aromatic rings. The number of nitrogens with zero attached hydrogens (tertiary/aromatic N) is 4. The highest BCUT2D eigenvalue weighted by Crippen LogP contribution is 2.37. The molecule has 82 heavy (non-hydrogen) atoms. The molecule has 0 saturated carbocycles. The predicted octanol–water partition coefficient (Wildman–Crippen LogP) is 6.38. The first-order chi connectivity index (χ1) is 39.7. The third kappa shape index (κ3) is 11.3. The van der Waals surface area contributed by atoms with Crippen LogP contribution in [0.4, 0.5) is 0 Å². The van der Waals surface area contributed by atoms with Crippen molar-refractivity contribution >= 4 is 56.3 Å². The zero-order valence-electron chi connectivity index (χ0n) is 44.7. The van der Waals surface area contributed by atoms with Gasteiger partial charge in [0.05, 0.1) is 91.0 Å². The van der Waals surface area contributed by atoms with Gasteiger partial charge in [-0.25, -0.2) is 18.7 Å². The van der Waals surface area contributed by atoms with Crippen molar-refractivity contribution in [3.05, 3.63) is 209 Å². The molecule has 0 bridgehead atoms. The van der Waals surface area contributed by atoms with Gasteiger partial charge in [-0.2, -0.15) is 0 Å². The fourth-order valence-electron chi connectivity index (χ4n) is 10.0. The summed E-state index contributed by atoms with van der Waals surface area (Å²) in [5.74, 6) is -1.55. The van der Waals surface area contributed by atoms with E-state index in [1.54, 1.807) is 22.9 Å². The number of carbonyl (C=O) groups excluding carboxylic acids is 3. The van der Waals surface area contributed by atoms with Crippen molar-refractivity contribution < 1.29 is 52.7 Å². The first-order valence-electron chi connectivity index (χ1n) is 26.0. The topological polar surface area (TPSA) is 262 Å². The van der Waals surface area contributed by atoms with Crippen molar-refractivity contribution in [3.63, 3.8) is 0 Å². The number of aliphatic carboxylic acids is 1. The van der Waals surface area contributed by atoms with Crippen molar-refractivity contribution in [1.82, 2.24) is 27.9 Å². The quantitative estimate of drug-likeness (QED) is 0.0337. The minimum absolute atomic E-state index is 0.0144. The number of pyridine rings is 2. The van der Waals surface area contributed by atoms with Crippen LogP contribution in [-0.4, -0.2) is 116 Å². The summed E-state index contributed by atoms with van der Waals surface area (Å²) in [5.41, 5.74) is 4.89. The second kappa shape index (κ2) is 24.2. The SMILES string of the molecule is COC(=O)Cn1c(=O)[nH]c2ccc(C(=O)c3c(C)c(-c4ccc(OCCOCCOCCOCCOc5ccc(-c6c(C)c(C(=O)c7ccc8[nH]c(=O)n(CC(=O)O)c(=O)c8c7)n7ccccc67)cc5)cc4)c4ccccn34)cc2c1=O. The van der Waals surface area contributed by atoms with Gasteiger partial charge in [0, 0.05) is 34.6 Å². The number of H-pyrrole nitrogens is 2. The van der Waals surface area contributed by atoms with Gasteiger partial charge < -0.3 is 52.3 Å². The van der Waals surface area contributed by atoms with E-state index in [9.17, 15) is 43.5 Å². The molecule has 0 amide bonds. The molecular formula is C61H54N6O15. The molecular weight excluding hydrogens is 1060 g/mol. The Hall–Kier alpha value is -9.96. The van der Waals surface area contributed by atoms with E-state index in [0.29, 0.717) is 85.9 Å². The highest BCUT2D eigenvalue weighted by Gasteiger charge is 2.26. The first-order valence-corrected chi connectivity index (χ1v) is 26.0. The lowest BCUT2D eigenvalue weighted by molar-refractivity contribution is -0.141. The molecule has 0 atom stereocenters. The van der Waals surface area contributed by atoms with Gasteiger partial charge in [-0.15, -0.1) is 0 Å². The molecule has 0 spiro atoms. The number of fused-ring (bicyclic) bond motifs is 4. The number of benzene rings is 4. The van der Waals surface area contributed by atoms with E-state index in [1.165, 1.54) is 30.3 Å². The zero-order valence-corrected chi connectivity index (χ0v) is 44.7. The molecule has 0 aliphatic rings. The third-order valence-corrected chi connectivity index (χ3v) is 13.9. The van der Waals surface area contributed by atoms with Crippen molar-refractivity contribution in [3.8, 4) is 33.8 Å². The normalized spacial score (nSPS) is 11.5. The van der Waals surface area contributed by atoms with E-state index in [4.69, 9.17) is 23.7 Å². The van der Waals surface area contributed by atoms with E-state index in [1.807, 2.05) is 103 Å². The van der Waals surface area contributed by atoms with E-state index >= 15 is 0 Å². The van der Waals surface area contributed by atoms with Crippen molar-refractivity contribution in [2.75, 3.05) is 60.0 Å². The number of ether oxygens (including phenoxy) is 6. The van der Waals surface area contributed by atoms with E-state index in [2.05, 4.69) is 14.7 Å². The number of rotatable bonds is 24. The molecule has 6 heterocycles. The second-order valence-electron chi connectivity index (χ2n) is 19.0. The molecule has 4 aromatic carbocycles. The Morgan fingerprint density at radius 3 is 1.30 bits per heavy atom. The Bertz CT molecular complexity index is 4360. The Morgan fingerprint density at radius 2 is 0.902 bits per heavy atom. The van der Waals surface area contributed by atoms with Crippen LogP contribution in [0.5, 0.6) is 11.5 Å². The lowest BCUT2D eigenvalue weighted by Crippen LogP contribution is -2.37. The lowest BCUT2D eigenvalue weighted by Gasteiger charge is -2.10. The highest BCUT2D eigenvalue weighted by atomic mass is 16.6. The van der Waals surface area contributed by atoms with Gasteiger partial charge in [0.2, 0.25) is 11.6 Å². The predicted molar refractivity (Wildman–Crippen MR) is 303 cm³/mol. The van der Waals surface area contributed by atoms with Crippen molar-refractivity contribution in [2.24, 2.45) is 0 Å². The van der Waals surface area contributed by atoms with Crippen LogP contribution < -0.4 is 32.0 Å². The minimum Gasteiger partial charge on any atom is -0.491 e. The molecule has 0 fully saturated rings. The number of ketones is 2. The summed E-state index contributed by atoms with van der Waals surface area (Å²) < 4.78 is 38.5. The first kappa shape index (κ1) is 55.4. The number of aromatic nitrogens is 6. The van der Waals surface area contributed by atoms with Crippen molar-refractivity contribution in [2.45, 2.75) is 26.9 Å². The molecule has 0 radical (unpaired) electrons. The molecule has 10 rings (SSSR count). The summed E-state index contributed by atoms with van der Waals surface area (Å²) in [6, 6.07) is 35.1. The minimum atomic E-state index is -1.35. The summed E-state index contributed by atoms with van der Waals surface area (Å²) in [4.78, 5) is 108. The molecule has 6 aromatic heterocycles. The summed E-state index contributed by atoms with van der Waals surface area (Å²) in [7, 11) is 1.16. The van der Waals surface area contributed by atoms with Gasteiger partial charge >= 0.3 is 23.3 Å². The Labute approximate surface area is 465 Å². The Kier molecular flexibility index (Phi) is 16.3. The smallest absolute Gasteiger partial charge is 0.329 e. The fourth-order valence-corrected chi connectivity index (χ4v) is 10.0. The van der Waals surface area contributed by atoms with Gasteiger partial charge in [-0.3, -0.25) is 28.8 Å². The molecule has 418 valence electrons. The molecule has 0 aliphatic heterocycles. The van der Waals surface area contributed by atoms with E-state index < -0.39 is 47.5 Å². The van der Waals surface area contributed by atoms with Crippen LogP contribution in [0, 0.1) is 13.8 Å². The van der Waals surface area contributed by atoms with Crippen molar-refractivity contribution in [1.29, 1.82) is 0 Å². The van der Waals surface area contributed by atoms with Crippen LogP contribution in [0.3, 0.4) is 0 Å². The van der Waals surface area contributed by atoms with Crippen LogP contribution in [-0.2, 0) is 41.6 Å². The summed E-state index contributed by atoms with van der Waals surface area (Å²) in [6.45, 7) is 5.07. The Balaban J connectivity index is 0.653. The van der Waals surface area contributed by atoms with Crippen LogP contribution in [0.15, 0.2) is 153 Å². The van der Waals surface area contributed by atoms with Gasteiger partial charge in [-0.1, -0.05) is 36.4 Å².